The molecule has 0 bridgehead atoms. The average molecular weight is 387 g/mol. The molecule has 4 rings (SSSR count). The van der Waals surface area contributed by atoms with Crippen molar-refractivity contribution >= 4 is 27.8 Å². The summed E-state index contributed by atoms with van der Waals surface area (Å²) in [5.74, 6) is 0.0592. The number of nitrogens with zero attached hydrogens (tertiary/aromatic N) is 1. The van der Waals surface area contributed by atoms with E-state index in [0.29, 0.717) is 17.5 Å². The summed E-state index contributed by atoms with van der Waals surface area (Å²) in [4.78, 5) is 12.5. The lowest BCUT2D eigenvalue weighted by molar-refractivity contribution is 0.0603. The number of phenolic OH excluding ortho intramolecular Hbond substituents is 1. The van der Waals surface area contributed by atoms with E-state index in [-0.39, 0.29) is 11.7 Å². The first-order valence-electron chi connectivity index (χ1n) is 9.82. The fraction of sp³-hybridized carbons (Fsp3) is 0.240. The second kappa shape index (κ2) is 7.28. The molecule has 0 aliphatic rings. The van der Waals surface area contributed by atoms with Crippen molar-refractivity contribution in [3.8, 4) is 5.75 Å². The normalized spacial score (nSPS) is 11.5. The highest BCUT2D eigenvalue weighted by atomic mass is 16.5. The number of benzene rings is 3. The van der Waals surface area contributed by atoms with Gasteiger partial charge in [0, 0.05) is 11.9 Å². The van der Waals surface area contributed by atoms with E-state index in [1.165, 1.54) is 18.2 Å². The van der Waals surface area contributed by atoms with Gasteiger partial charge in [0.25, 0.3) is 0 Å². The second-order valence-corrected chi connectivity index (χ2v) is 7.86. The van der Waals surface area contributed by atoms with Crippen LogP contribution in [0.5, 0.6) is 5.75 Å². The van der Waals surface area contributed by atoms with E-state index < -0.39 is 5.97 Å². The van der Waals surface area contributed by atoms with E-state index in [2.05, 4.69) is 55.7 Å². The van der Waals surface area contributed by atoms with Gasteiger partial charge in [0.1, 0.15) is 5.75 Å². The molecule has 3 aromatic carbocycles. The molecular weight excluding hydrogens is 362 g/mol. The van der Waals surface area contributed by atoms with Crippen LogP contribution in [-0.4, -0.2) is 22.8 Å². The molecule has 0 saturated carbocycles. The van der Waals surface area contributed by atoms with E-state index in [4.69, 9.17) is 4.74 Å². The van der Waals surface area contributed by atoms with Gasteiger partial charge in [-0.3, -0.25) is 0 Å². The van der Waals surface area contributed by atoms with Crippen LogP contribution >= 0.6 is 0 Å². The third kappa shape index (κ3) is 3.25. The predicted octanol–water partition coefficient (Wildman–Crippen LogP) is 5.77. The highest BCUT2D eigenvalue weighted by Gasteiger charge is 2.21. The summed E-state index contributed by atoms with van der Waals surface area (Å²) >= 11 is 0. The molecule has 4 heteroatoms. The standard InChI is InChI=1S/C25H25NO3/c1-15(2)18-12-21-24(22(27)13-18)23-19(25(28)29-4)9-6-10-20(23)26(21)14-17-8-5-7-16(3)11-17/h5-13,15,27H,14H2,1-4H3. The molecule has 0 unspecified atom stereocenters. The minimum absolute atomic E-state index is 0.190. The summed E-state index contributed by atoms with van der Waals surface area (Å²) in [7, 11) is 1.38. The quantitative estimate of drug-likeness (QED) is 0.453. The van der Waals surface area contributed by atoms with Gasteiger partial charge >= 0.3 is 5.97 Å². The number of hydrogen-bond donors (Lipinski definition) is 1. The number of aryl methyl sites for hydroxylation is 1. The molecule has 0 saturated heterocycles. The van der Waals surface area contributed by atoms with E-state index in [0.717, 1.165) is 22.0 Å². The Morgan fingerprint density at radius 3 is 2.48 bits per heavy atom. The van der Waals surface area contributed by atoms with Crippen LogP contribution in [-0.2, 0) is 11.3 Å². The van der Waals surface area contributed by atoms with E-state index in [1.54, 1.807) is 12.1 Å². The highest BCUT2D eigenvalue weighted by Crippen LogP contribution is 2.39. The number of hydrogen-bond acceptors (Lipinski definition) is 3. The van der Waals surface area contributed by atoms with Crippen molar-refractivity contribution in [3.05, 3.63) is 76.9 Å². The summed E-state index contributed by atoms with van der Waals surface area (Å²) < 4.78 is 7.19. The maximum atomic E-state index is 12.5. The number of ether oxygens (including phenoxy) is 1. The summed E-state index contributed by atoms with van der Waals surface area (Å²) in [6.45, 7) is 6.93. The number of carbonyl (C=O) groups is 1. The van der Waals surface area contributed by atoms with Gasteiger partial charge in [-0.25, -0.2) is 4.79 Å². The third-order valence-electron chi connectivity index (χ3n) is 5.49. The van der Waals surface area contributed by atoms with Gasteiger partial charge in [0.2, 0.25) is 0 Å². The van der Waals surface area contributed by atoms with Crippen LogP contribution in [0.25, 0.3) is 21.8 Å². The van der Waals surface area contributed by atoms with Crippen molar-refractivity contribution in [2.75, 3.05) is 7.11 Å². The Morgan fingerprint density at radius 2 is 1.79 bits per heavy atom. The van der Waals surface area contributed by atoms with Crippen LogP contribution in [0.15, 0.2) is 54.6 Å². The predicted molar refractivity (Wildman–Crippen MR) is 117 cm³/mol. The minimum Gasteiger partial charge on any atom is -0.507 e. The van der Waals surface area contributed by atoms with Crippen molar-refractivity contribution in [3.63, 3.8) is 0 Å². The van der Waals surface area contributed by atoms with Crippen LogP contribution in [0.2, 0.25) is 0 Å². The number of methoxy groups -OCH3 is 1. The maximum Gasteiger partial charge on any atom is 0.338 e. The van der Waals surface area contributed by atoms with Crippen molar-refractivity contribution in [1.82, 2.24) is 4.57 Å². The number of rotatable bonds is 4. The molecule has 1 N–H and O–H groups in total. The van der Waals surface area contributed by atoms with E-state index >= 15 is 0 Å². The first kappa shape index (κ1) is 19.1. The Hall–Kier alpha value is -3.27. The monoisotopic (exact) mass is 387 g/mol. The molecule has 4 nitrogen and oxygen atoms in total. The molecule has 0 radical (unpaired) electrons. The number of esters is 1. The molecule has 0 fully saturated rings. The molecule has 1 aromatic heterocycles. The van der Waals surface area contributed by atoms with Crippen LogP contribution < -0.4 is 0 Å². The highest BCUT2D eigenvalue weighted by molar-refractivity contribution is 6.19. The molecule has 0 amide bonds. The third-order valence-corrected chi connectivity index (χ3v) is 5.49. The zero-order valence-corrected chi connectivity index (χ0v) is 17.2. The molecule has 0 spiro atoms. The van der Waals surface area contributed by atoms with Crippen LogP contribution in [0.4, 0.5) is 0 Å². The zero-order valence-electron chi connectivity index (χ0n) is 17.2. The van der Waals surface area contributed by atoms with Crippen molar-refractivity contribution < 1.29 is 14.6 Å². The molecule has 0 aliphatic heterocycles. The van der Waals surface area contributed by atoms with Gasteiger partial charge in [-0.05, 0) is 48.2 Å². The Labute approximate surface area is 170 Å². The Bertz CT molecular complexity index is 1230. The molecule has 148 valence electrons. The minimum atomic E-state index is -0.405. The van der Waals surface area contributed by atoms with Gasteiger partial charge in [-0.15, -0.1) is 0 Å². The molecule has 0 aliphatic carbocycles. The second-order valence-electron chi connectivity index (χ2n) is 7.86. The van der Waals surface area contributed by atoms with Crippen molar-refractivity contribution in [2.24, 2.45) is 0 Å². The zero-order chi connectivity index (χ0) is 20.7. The summed E-state index contributed by atoms with van der Waals surface area (Å²) in [6, 6.07) is 17.9. The van der Waals surface area contributed by atoms with Gasteiger partial charge in [-0.1, -0.05) is 49.7 Å². The number of aromatic hydroxyl groups is 1. The maximum absolute atomic E-state index is 12.5. The molecular formula is C25H25NO3. The lowest BCUT2D eigenvalue weighted by atomic mass is 9.99. The molecule has 4 aromatic rings. The lowest BCUT2D eigenvalue weighted by Gasteiger charge is -2.11. The Kier molecular flexibility index (Phi) is 4.79. The first-order valence-corrected chi connectivity index (χ1v) is 9.82. The number of phenols is 1. The van der Waals surface area contributed by atoms with Gasteiger partial charge in [0.05, 0.1) is 29.1 Å². The Balaban J connectivity index is 2.10. The van der Waals surface area contributed by atoms with E-state index in [9.17, 15) is 9.90 Å². The number of carbonyl (C=O) groups excluding carboxylic acids is 1. The molecule has 29 heavy (non-hydrogen) atoms. The van der Waals surface area contributed by atoms with Crippen molar-refractivity contribution in [1.29, 1.82) is 0 Å². The number of fused-ring (bicyclic) bond motifs is 3. The van der Waals surface area contributed by atoms with E-state index in [1.807, 2.05) is 12.1 Å². The van der Waals surface area contributed by atoms with Crippen LogP contribution in [0.3, 0.4) is 0 Å². The van der Waals surface area contributed by atoms with Gasteiger partial charge in [-0.2, -0.15) is 0 Å². The number of aromatic nitrogens is 1. The fourth-order valence-electron chi connectivity index (χ4n) is 4.04. The fourth-order valence-corrected chi connectivity index (χ4v) is 4.04. The molecule has 1 heterocycles. The van der Waals surface area contributed by atoms with Crippen LogP contribution in [0, 0.1) is 6.92 Å². The topological polar surface area (TPSA) is 51.5 Å². The Morgan fingerprint density at radius 1 is 1.03 bits per heavy atom. The lowest BCUT2D eigenvalue weighted by Crippen LogP contribution is -2.03. The van der Waals surface area contributed by atoms with Crippen molar-refractivity contribution in [2.45, 2.75) is 33.2 Å². The summed E-state index contributed by atoms with van der Waals surface area (Å²) in [5.41, 5.74) is 5.71. The SMILES string of the molecule is COC(=O)c1cccc2c1c1c(O)cc(C(C)C)cc1n2Cc1cccc(C)c1. The molecule has 0 atom stereocenters. The van der Waals surface area contributed by atoms with Gasteiger partial charge in [0.15, 0.2) is 0 Å². The van der Waals surface area contributed by atoms with Gasteiger partial charge < -0.3 is 14.4 Å². The van der Waals surface area contributed by atoms with Crippen LogP contribution in [0.1, 0.15) is 46.8 Å². The summed E-state index contributed by atoms with van der Waals surface area (Å²) in [6.07, 6.45) is 0. The summed E-state index contributed by atoms with van der Waals surface area (Å²) in [5, 5.41) is 12.4. The smallest absolute Gasteiger partial charge is 0.338 e. The average Bonchev–Trinajstić information content (AvgIpc) is 3.01. The largest absolute Gasteiger partial charge is 0.507 e. The first-order chi connectivity index (χ1) is 13.9.